The van der Waals surface area contributed by atoms with Gasteiger partial charge in [-0.05, 0) is 18.6 Å². The summed E-state index contributed by atoms with van der Waals surface area (Å²) in [6.07, 6.45) is -4.78. The molecule has 0 aliphatic rings. The zero-order chi connectivity index (χ0) is 16.9. The highest BCUT2D eigenvalue weighted by molar-refractivity contribution is 5.90. The Hall–Kier alpha value is -2.57. The van der Waals surface area contributed by atoms with Crippen molar-refractivity contribution in [2.24, 2.45) is 0 Å². The average Bonchev–Trinajstić information content (AvgIpc) is 2.53. The molecule has 0 amide bonds. The number of nitrogens with zero attached hydrogens (tertiary/aromatic N) is 1. The second-order valence-corrected chi connectivity index (χ2v) is 4.54. The Kier molecular flexibility index (Phi) is 5.20. The fourth-order valence-corrected chi connectivity index (χ4v) is 1.84. The second-order valence-electron chi connectivity index (χ2n) is 4.54. The minimum atomic E-state index is -4.78. The Balaban J connectivity index is 2.24. The number of ether oxygens (including phenoxy) is 2. The maximum Gasteiger partial charge on any atom is 0.434 e. The minimum absolute atomic E-state index is 0.0254. The van der Waals surface area contributed by atoms with Gasteiger partial charge in [-0.25, -0.2) is 9.78 Å². The first kappa shape index (κ1) is 16.8. The predicted octanol–water partition coefficient (Wildman–Crippen LogP) is 3.86. The number of carbonyl (C=O) groups excluding carboxylic acids is 1. The standard InChI is InChI=1S/C16H14F3NO3/c1-2-22-15(21)12-8-9-13(20-14(12)16(17,18)19)23-10-11-6-4-3-5-7-11/h3-9H,2,10H2,1H3. The molecule has 122 valence electrons. The summed E-state index contributed by atoms with van der Waals surface area (Å²) in [5.74, 6) is -1.28. The number of aromatic nitrogens is 1. The smallest absolute Gasteiger partial charge is 0.434 e. The van der Waals surface area contributed by atoms with Crippen LogP contribution in [-0.2, 0) is 17.5 Å². The number of rotatable bonds is 5. The highest BCUT2D eigenvalue weighted by atomic mass is 19.4. The average molecular weight is 325 g/mol. The fraction of sp³-hybridized carbons (Fsp3) is 0.250. The summed E-state index contributed by atoms with van der Waals surface area (Å²) in [4.78, 5) is 15.0. The predicted molar refractivity (Wildman–Crippen MR) is 76.0 cm³/mol. The molecule has 0 fully saturated rings. The van der Waals surface area contributed by atoms with Crippen LogP contribution in [0.25, 0.3) is 0 Å². The SMILES string of the molecule is CCOC(=O)c1ccc(OCc2ccccc2)nc1C(F)(F)F. The molecule has 7 heteroatoms. The summed E-state index contributed by atoms with van der Waals surface area (Å²) in [7, 11) is 0. The molecule has 0 spiro atoms. The van der Waals surface area contributed by atoms with Crippen molar-refractivity contribution in [3.63, 3.8) is 0 Å². The van der Waals surface area contributed by atoms with Gasteiger partial charge in [0.2, 0.25) is 5.88 Å². The van der Waals surface area contributed by atoms with Crippen LogP contribution in [0.15, 0.2) is 42.5 Å². The van der Waals surface area contributed by atoms with Crippen molar-refractivity contribution >= 4 is 5.97 Å². The van der Waals surface area contributed by atoms with Gasteiger partial charge in [0, 0.05) is 6.07 Å². The molecule has 23 heavy (non-hydrogen) atoms. The Bertz CT molecular complexity index is 672. The second kappa shape index (κ2) is 7.13. The number of carbonyl (C=O) groups is 1. The Morgan fingerprint density at radius 2 is 1.83 bits per heavy atom. The van der Waals surface area contributed by atoms with Gasteiger partial charge in [-0.15, -0.1) is 0 Å². The van der Waals surface area contributed by atoms with Crippen LogP contribution >= 0.6 is 0 Å². The van der Waals surface area contributed by atoms with Gasteiger partial charge in [0.1, 0.15) is 6.61 Å². The summed E-state index contributed by atoms with van der Waals surface area (Å²) in [5.41, 5.74) is -1.16. The van der Waals surface area contributed by atoms with Gasteiger partial charge in [0.15, 0.2) is 5.69 Å². The zero-order valence-electron chi connectivity index (χ0n) is 12.3. The number of alkyl halides is 3. The lowest BCUT2D eigenvalue weighted by Crippen LogP contribution is -2.17. The van der Waals surface area contributed by atoms with Gasteiger partial charge in [0.25, 0.3) is 0 Å². The van der Waals surface area contributed by atoms with Crippen LogP contribution in [0.2, 0.25) is 0 Å². The van der Waals surface area contributed by atoms with Crippen LogP contribution in [0.1, 0.15) is 28.5 Å². The van der Waals surface area contributed by atoms with E-state index in [1.807, 2.05) is 6.07 Å². The van der Waals surface area contributed by atoms with Crippen LogP contribution in [0, 0.1) is 0 Å². The van der Waals surface area contributed by atoms with E-state index in [1.54, 1.807) is 24.3 Å². The van der Waals surface area contributed by atoms with E-state index in [0.29, 0.717) is 0 Å². The van der Waals surface area contributed by atoms with E-state index in [0.717, 1.165) is 11.6 Å². The minimum Gasteiger partial charge on any atom is -0.473 e. The molecule has 0 bridgehead atoms. The number of halogens is 3. The van der Waals surface area contributed by atoms with Crippen molar-refractivity contribution < 1.29 is 27.4 Å². The van der Waals surface area contributed by atoms with E-state index >= 15 is 0 Å². The number of pyridine rings is 1. The quantitative estimate of drug-likeness (QED) is 0.783. The van der Waals surface area contributed by atoms with Crippen LogP contribution in [0.3, 0.4) is 0 Å². The molecular weight excluding hydrogens is 311 g/mol. The van der Waals surface area contributed by atoms with E-state index in [4.69, 9.17) is 4.74 Å². The molecule has 0 aliphatic heterocycles. The van der Waals surface area contributed by atoms with Crippen LogP contribution in [0.4, 0.5) is 13.2 Å². The van der Waals surface area contributed by atoms with Gasteiger partial charge in [-0.1, -0.05) is 30.3 Å². The van der Waals surface area contributed by atoms with Crippen molar-refractivity contribution in [3.05, 3.63) is 59.3 Å². The molecule has 0 atom stereocenters. The Morgan fingerprint density at radius 1 is 1.13 bits per heavy atom. The third-order valence-corrected chi connectivity index (χ3v) is 2.86. The molecule has 1 aromatic heterocycles. The number of hydrogen-bond donors (Lipinski definition) is 0. The van der Waals surface area contributed by atoms with Gasteiger partial charge in [-0.2, -0.15) is 13.2 Å². The van der Waals surface area contributed by atoms with Crippen LogP contribution in [0.5, 0.6) is 5.88 Å². The van der Waals surface area contributed by atoms with E-state index < -0.39 is 23.4 Å². The third-order valence-electron chi connectivity index (χ3n) is 2.86. The highest BCUT2D eigenvalue weighted by Crippen LogP contribution is 2.32. The first-order chi connectivity index (χ1) is 10.9. The van der Waals surface area contributed by atoms with Gasteiger partial charge in [-0.3, -0.25) is 0 Å². The lowest BCUT2D eigenvalue weighted by Gasteiger charge is -2.13. The molecule has 0 radical (unpaired) electrons. The zero-order valence-corrected chi connectivity index (χ0v) is 12.3. The van der Waals surface area contributed by atoms with Crippen LogP contribution < -0.4 is 4.74 Å². The summed E-state index contributed by atoms with van der Waals surface area (Å²) in [6.45, 7) is 1.56. The van der Waals surface area contributed by atoms with Gasteiger partial charge in [0.05, 0.1) is 12.2 Å². The highest BCUT2D eigenvalue weighted by Gasteiger charge is 2.38. The molecule has 1 heterocycles. The van der Waals surface area contributed by atoms with Crippen molar-refractivity contribution in [1.82, 2.24) is 4.98 Å². The molecule has 0 saturated heterocycles. The number of hydrogen-bond acceptors (Lipinski definition) is 4. The van der Waals surface area contributed by atoms with E-state index in [2.05, 4.69) is 9.72 Å². The largest absolute Gasteiger partial charge is 0.473 e. The first-order valence-corrected chi connectivity index (χ1v) is 6.84. The summed E-state index contributed by atoms with van der Waals surface area (Å²) >= 11 is 0. The van der Waals surface area contributed by atoms with E-state index in [1.165, 1.54) is 13.0 Å². The van der Waals surface area contributed by atoms with Crippen molar-refractivity contribution in [1.29, 1.82) is 0 Å². The molecule has 0 N–H and O–H groups in total. The maximum absolute atomic E-state index is 13.1. The normalized spacial score (nSPS) is 11.1. The number of benzene rings is 1. The lowest BCUT2D eigenvalue weighted by atomic mass is 10.2. The van der Waals surface area contributed by atoms with Crippen LogP contribution in [-0.4, -0.2) is 17.6 Å². The maximum atomic E-state index is 13.1. The molecule has 4 nitrogen and oxygen atoms in total. The van der Waals surface area contributed by atoms with Gasteiger partial charge >= 0.3 is 12.1 Å². The summed E-state index contributed by atoms with van der Waals surface area (Å²) in [6, 6.07) is 11.2. The molecule has 2 aromatic rings. The Morgan fingerprint density at radius 3 is 2.43 bits per heavy atom. The fourth-order valence-electron chi connectivity index (χ4n) is 1.84. The molecule has 0 saturated carbocycles. The van der Waals surface area contributed by atoms with E-state index in [-0.39, 0.29) is 19.1 Å². The Labute approximate surface area is 130 Å². The summed E-state index contributed by atoms with van der Waals surface area (Å²) in [5, 5.41) is 0. The van der Waals surface area contributed by atoms with Crippen molar-refractivity contribution in [3.8, 4) is 5.88 Å². The molecule has 1 aromatic carbocycles. The molecule has 0 aliphatic carbocycles. The number of esters is 1. The lowest BCUT2D eigenvalue weighted by molar-refractivity contribution is -0.142. The van der Waals surface area contributed by atoms with E-state index in [9.17, 15) is 18.0 Å². The van der Waals surface area contributed by atoms with Crippen molar-refractivity contribution in [2.75, 3.05) is 6.61 Å². The van der Waals surface area contributed by atoms with Gasteiger partial charge < -0.3 is 9.47 Å². The summed E-state index contributed by atoms with van der Waals surface area (Å²) < 4.78 is 49.1. The third kappa shape index (κ3) is 4.45. The van der Waals surface area contributed by atoms with Crippen molar-refractivity contribution in [2.45, 2.75) is 19.7 Å². The first-order valence-electron chi connectivity index (χ1n) is 6.84. The topological polar surface area (TPSA) is 48.4 Å². The molecular formula is C16H14F3NO3. The molecule has 0 unspecified atom stereocenters. The monoisotopic (exact) mass is 325 g/mol. The molecule has 2 rings (SSSR count).